The summed E-state index contributed by atoms with van der Waals surface area (Å²) in [4.78, 5) is 19.8. The Morgan fingerprint density at radius 1 is 1.15 bits per heavy atom. The van der Waals surface area contributed by atoms with Crippen LogP contribution >= 0.6 is 0 Å². The van der Waals surface area contributed by atoms with Crippen molar-refractivity contribution >= 4 is 5.91 Å². The summed E-state index contributed by atoms with van der Waals surface area (Å²) in [5.41, 5.74) is -0.260. The van der Waals surface area contributed by atoms with Gasteiger partial charge in [0.15, 0.2) is 5.82 Å². The Balaban J connectivity index is 1.57. The van der Waals surface area contributed by atoms with Gasteiger partial charge in [0.25, 0.3) is 5.91 Å². The van der Waals surface area contributed by atoms with Crippen LogP contribution in [-0.4, -0.2) is 32.6 Å². The van der Waals surface area contributed by atoms with Crippen molar-refractivity contribution in [2.45, 2.75) is 12.6 Å². The van der Waals surface area contributed by atoms with Gasteiger partial charge in [0.1, 0.15) is 5.82 Å². The fourth-order valence-corrected chi connectivity index (χ4v) is 2.24. The largest absolute Gasteiger partial charge is 0.417 e. The highest BCUT2D eigenvalue weighted by molar-refractivity contribution is 5.94. The van der Waals surface area contributed by atoms with E-state index >= 15 is 0 Å². The molecule has 0 radical (unpaired) electrons. The predicted octanol–water partition coefficient (Wildman–Crippen LogP) is 2.86. The number of rotatable bonds is 5. The summed E-state index contributed by atoms with van der Waals surface area (Å²) < 4.78 is 38.0. The molecule has 2 N–H and O–H groups in total. The fraction of sp³-hybridized carbons (Fsp3) is 0.176. The Kier molecular flexibility index (Phi) is 4.97. The van der Waals surface area contributed by atoms with Crippen molar-refractivity contribution in [2.75, 3.05) is 6.54 Å². The summed E-state index contributed by atoms with van der Waals surface area (Å²) in [5, 5.41) is 9.41. The van der Waals surface area contributed by atoms with Gasteiger partial charge in [-0.25, -0.2) is 4.98 Å². The summed E-state index contributed by atoms with van der Waals surface area (Å²) >= 11 is 0. The highest BCUT2D eigenvalue weighted by Crippen LogP contribution is 2.28. The van der Waals surface area contributed by atoms with Crippen LogP contribution in [-0.2, 0) is 12.6 Å². The second-order valence-electron chi connectivity index (χ2n) is 5.44. The third-order valence-corrected chi connectivity index (χ3v) is 3.54. The van der Waals surface area contributed by atoms with Crippen molar-refractivity contribution in [3.8, 4) is 11.4 Å². The molecule has 0 saturated heterocycles. The van der Waals surface area contributed by atoms with Gasteiger partial charge in [0, 0.05) is 30.9 Å². The lowest BCUT2D eigenvalue weighted by molar-refractivity contribution is -0.137. The molecule has 9 heteroatoms. The maximum absolute atomic E-state index is 12.7. The molecule has 3 aromatic rings. The van der Waals surface area contributed by atoms with E-state index in [2.05, 4.69) is 25.5 Å². The zero-order chi connectivity index (χ0) is 18.6. The highest BCUT2D eigenvalue weighted by Gasteiger charge is 2.31. The summed E-state index contributed by atoms with van der Waals surface area (Å²) in [7, 11) is 0. The number of carbonyl (C=O) groups is 1. The summed E-state index contributed by atoms with van der Waals surface area (Å²) in [6.07, 6.45) is -2.42. The molecule has 1 aromatic carbocycles. The topological polar surface area (TPSA) is 83.6 Å². The first-order valence-corrected chi connectivity index (χ1v) is 7.70. The van der Waals surface area contributed by atoms with E-state index in [4.69, 9.17) is 0 Å². The number of aromatic nitrogens is 4. The number of carbonyl (C=O) groups excluding carboxylic acids is 1. The number of H-pyrrole nitrogens is 1. The molecule has 0 aliphatic carbocycles. The third kappa shape index (κ3) is 4.24. The van der Waals surface area contributed by atoms with E-state index < -0.39 is 17.6 Å². The fourth-order valence-electron chi connectivity index (χ4n) is 2.24. The van der Waals surface area contributed by atoms with Crippen molar-refractivity contribution in [3.63, 3.8) is 0 Å². The third-order valence-electron chi connectivity index (χ3n) is 3.54. The highest BCUT2D eigenvalue weighted by atomic mass is 19.4. The molecule has 0 bridgehead atoms. The summed E-state index contributed by atoms with van der Waals surface area (Å²) in [6.45, 7) is 0.193. The lowest BCUT2D eigenvalue weighted by Gasteiger charge is -2.08. The van der Waals surface area contributed by atoms with Crippen LogP contribution in [0.1, 0.15) is 21.7 Å². The average molecular weight is 361 g/mol. The number of hydrogen-bond donors (Lipinski definition) is 2. The quantitative estimate of drug-likeness (QED) is 0.732. The Hall–Kier alpha value is -3.23. The van der Waals surface area contributed by atoms with E-state index in [0.29, 0.717) is 24.3 Å². The molecular weight excluding hydrogens is 347 g/mol. The lowest BCUT2D eigenvalue weighted by atomic mass is 10.2. The van der Waals surface area contributed by atoms with Crippen LogP contribution in [0.3, 0.4) is 0 Å². The zero-order valence-electron chi connectivity index (χ0n) is 13.4. The van der Waals surface area contributed by atoms with Gasteiger partial charge < -0.3 is 5.32 Å². The van der Waals surface area contributed by atoms with E-state index in [-0.39, 0.29) is 12.1 Å². The molecule has 2 heterocycles. The maximum Gasteiger partial charge on any atom is 0.417 e. The molecule has 0 aliphatic rings. The van der Waals surface area contributed by atoms with E-state index in [0.717, 1.165) is 17.8 Å². The van der Waals surface area contributed by atoms with Crippen molar-refractivity contribution in [3.05, 3.63) is 65.7 Å². The van der Waals surface area contributed by atoms with Gasteiger partial charge in [-0.05, 0) is 6.07 Å². The Morgan fingerprint density at radius 3 is 2.65 bits per heavy atom. The first-order chi connectivity index (χ1) is 12.4. The van der Waals surface area contributed by atoms with Gasteiger partial charge in [-0.1, -0.05) is 30.3 Å². The molecule has 0 atom stereocenters. The molecule has 0 aliphatic heterocycles. The number of nitrogens with one attached hydrogen (secondary N) is 2. The van der Waals surface area contributed by atoms with Crippen LogP contribution in [0.5, 0.6) is 0 Å². The van der Waals surface area contributed by atoms with E-state index in [1.165, 1.54) is 0 Å². The first-order valence-electron chi connectivity index (χ1n) is 7.70. The molecule has 26 heavy (non-hydrogen) atoms. The number of benzene rings is 1. The van der Waals surface area contributed by atoms with Crippen molar-refractivity contribution in [1.82, 2.24) is 25.5 Å². The molecule has 2 aromatic heterocycles. The number of hydrogen-bond acceptors (Lipinski definition) is 4. The molecular formula is C17H14F3N5O. The molecule has 6 nitrogen and oxygen atoms in total. The van der Waals surface area contributed by atoms with Gasteiger partial charge in [0.2, 0.25) is 0 Å². The minimum atomic E-state index is -4.54. The zero-order valence-corrected chi connectivity index (χ0v) is 13.4. The van der Waals surface area contributed by atoms with Crippen LogP contribution in [0.4, 0.5) is 13.2 Å². The molecule has 1 amide bonds. The van der Waals surface area contributed by atoms with Gasteiger partial charge >= 0.3 is 6.18 Å². The Bertz CT molecular complexity index is 893. The standard InChI is InChI=1S/C17H14F3N5O/c18-17(19,20)13-8-12(9-21-10-13)16(26)22-7-6-14-23-15(25-24-14)11-4-2-1-3-5-11/h1-5,8-10H,6-7H2,(H,22,26)(H,23,24,25). The number of aromatic amines is 1. The Morgan fingerprint density at radius 2 is 1.92 bits per heavy atom. The molecule has 0 spiro atoms. The van der Waals surface area contributed by atoms with Crippen LogP contribution in [0.25, 0.3) is 11.4 Å². The molecule has 0 fully saturated rings. The number of halogens is 3. The molecule has 0 saturated carbocycles. The lowest BCUT2D eigenvalue weighted by Crippen LogP contribution is -2.26. The molecule has 0 unspecified atom stereocenters. The number of alkyl halides is 3. The summed E-state index contributed by atoms with van der Waals surface area (Å²) in [5.74, 6) is 0.465. The minimum absolute atomic E-state index is 0.151. The number of nitrogens with zero attached hydrogens (tertiary/aromatic N) is 3. The van der Waals surface area contributed by atoms with Crippen molar-refractivity contribution in [1.29, 1.82) is 0 Å². The maximum atomic E-state index is 12.7. The van der Waals surface area contributed by atoms with Gasteiger partial charge in [-0.2, -0.15) is 18.3 Å². The van der Waals surface area contributed by atoms with Crippen LogP contribution in [0.15, 0.2) is 48.8 Å². The SMILES string of the molecule is O=C(NCCc1nc(-c2ccccc2)n[nH]1)c1cncc(C(F)(F)F)c1. The predicted molar refractivity (Wildman–Crippen MR) is 87.1 cm³/mol. The second kappa shape index (κ2) is 7.34. The van der Waals surface area contributed by atoms with Crippen LogP contribution in [0.2, 0.25) is 0 Å². The first kappa shape index (κ1) is 17.6. The average Bonchev–Trinajstić information content (AvgIpc) is 3.11. The van der Waals surface area contributed by atoms with E-state index in [1.54, 1.807) is 0 Å². The van der Waals surface area contributed by atoms with Gasteiger partial charge in [0.05, 0.1) is 11.1 Å². The van der Waals surface area contributed by atoms with Gasteiger partial charge in [-0.3, -0.25) is 14.9 Å². The normalized spacial score (nSPS) is 11.3. The smallest absolute Gasteiger partial charge is 0.352 e. The van der Waals surface area contributed by atoms with Crippen LogP contribution in [0, 0.1) is 0 Å². The molecule has 3 rings (SSSR count). The van der Waals surface area contributed by atoms with Crippen molar-refractivity contribution in [2.24, 2.45) is 0 Å². The van der Waals surface area contributed by atoms with Gasteiger partial charge in [-0.15, -0.1) is 0 Å². The van der Waals surface area contributed by atoms with Crippen molar-refractivity contribution < 1.29 is 18.0 Å². The second-order valence-corrected chi connectivity index (χ2v) is 5.44. The summed E-state index contributed by atoms with van der Waals surface area (Å²) in [6, 6.07) is 10.1. The van der Waals surface area contributed by atoms with E-state index in [1.807, 2.05) is 30.3 Å². The number of amides is 1. The molecule has 134 valence electrons. The number of pyridine rings is 1. The Labute approximate surface area is 146 Å². The van der Waals surface area contributed by atoms with Crippen LogP contribution < -0.4 is 5.32 Å². The monoisotopic (exact) mass is 361 g/mol. The minimum Gasteiger partial charge on any atom is -0.352 e. The van der Waals surface area contributed by atoms with E-state index in [9.17, 15) is 18.0 Å².